The Morgan fingerprint density at radius 1 is 1.31 bits per heavy atom. The Kier molecular flexibility index (Phi) is 3.38. The van der Waals surface area contributed by atoms with Crippen molar-refractivity contribution < 1.29 is 4.79 Å². The van der Waals surface area contributed by atoms with Crippen LogP contribution in [0.5, 0.6) is 0 Å². The lowest BCUT2D eigenvalue weighted by atomic mass is 9.80. The van der Waals surface area contributed by atoms with Crippen LogP contribution in [0.4, 0.5) is 4.79 Å². The third-order valence-corrected chi connectivity index (χ3v) is 3.93. The van der Waals surface area contributed by atoms with Gasteiger partial charge in [0.05, 0.1) is 0 Å². The van der Waals surface area contributed by atoms with Crippen molar-refractivity contribution in [3.05, 3.63) is 0 Å². The molecule has 0 aromatic rings. The van der Waals surface area contributed by atoms with E-state index in [9.17, 15) is 4.79 Å². The Bertz CT molecular complexity index is 259. The Morgan fingerprint density at radius 2 is 2.00 bits per heavy atom. The zero-order valence-electron chi connectivity index (χ0n) is 10.5. The molecule has 1 N–H and O–H groups in total. The maximum atomic E-state index is 11.7. The molecule has 0 saturated carbocycles. The topological polar surface area (TPSA) is 35.6 Å². The average Bonchev–Trinajstić information content (AvgIpc) is 2.27. The Hall–Kier alpha value is -0.770. The summed E-state index contributed by atoms with van der Waals surface area (Å²) < 4.78 is 0. The normalized spacial score (nSPS) is 26.6. The highest BCUT2D eigenvalue weighted by Gasteiger charge is 2.32. The molecule has 0 radical (unpaired) electrons. The maximum Gasteiger partial charge on any atom is 0.317 e. The number of piperidine rings is 1. The van der Waals surface area contributed by atoms with E-state index in [-0.39, 0.29) is 6.03 Å². The molecule has 2 fully saturated rings. The summed E-state index contributed by atoms with van der Waals surface area (Å²) in [5, 5.41) is 2.92. The minimum absolute atomic E-state index is 0.131. The molecule has 0 aromatic heterocycles. The molecule has 0 unspecified atom stereocenters. The molecule has 2 aliphatic heterocycles. The highest BCUT2D eigenvalue weighted by Crippen LogP contribution is 2.31. The lowest BCUT2D eigenvalue weighted by molar-refractivity contribution is 0.0915. The molecule has 2 saturated heterocycles. The molecule has 2 heterocycles. The number of hydrogen-bond acceptors (Lipinski definition) is 2. The lowest BCUT2D eigenvalue weighted by Crippen LogP contribution is -2.52. The van der Waals surface area contributed by atoms with Crippen LogP contribution in [0.2, 0.25) is 0 Å². The van der Waals surface area contributed by atoms with Gasteiger partial charge in [0.25, 0.3) is 0 Å². The van der Waals surface area contributed by atoms with Crippen LogP contribution in [0.3, 0.4) is 0 Å². The molecule has 0 bridgehead atoms. The number of carbonyl (C=O) groups excluding carboxylic acids is 1. The van der Waals surface area contributed by atoms with Crippen LogP contribution in [-0.2, 0) is 0 Å². The van der Waals surface area contributed by atoms with Crippen molar-refractivity contribution in [3.63, 3.8) is 0 Å². The molecule has 2 amide bonds. The van der Waals surface area contributed by atoms with Crippen molar-refractivity contribution in [2.45, 2.75) is 26.2 Å². The van der Waals surface area contributed by atoms with Crippen LogP contribution in [-0.4, -0.2) is 55.6 Å². The number of amides is 2. The molecule has 4 heteroatoms. The van der Waals surface area contributed by atoms with E-state index in [2.05, 4.69) is 24.2 Å². The second kappa shape index (κ2) is 4.62. The van der Waals surface area contributed by atoms with Gasteiger partial charge in [-0.3, -0.25) is 0 Å². The Labute approximate surface area is 98.0 Å². The molecule has 0 spiro atoms. The summed E-state index contributed by atoms with van der Waals surface area (Å²) in [6.45, 7) is 7.33. The number of carbonyl (C=O) groups is 1. The van der Waals surface area contributed by atoms with E-state index in [1.54, 1.807) is 0 Å². The minimum Gasteiger partial charge on any atom is -0.338 e. The molecular formula is C12H23N3O. The first kappa shape index (κ1) is 11.7. The van der Waals surface area contributed by atoms with Crippen molar-refractivity contribution in [1.29, 1.82) is 0 Å². The van der Waals surface area contributed by atoms with E-state index < -0.39 is 0 Å². The third kappa shape index (κ3) is 2.67. The van der Waals surface area contributed by atoms with E-state index in [4.69, 9.17) is 0 Å². The SMILES string of the molecule is CN1CCC(C)(CN2CCCNC2=O)CC1. The fraction of sp³-hybridized carbons (Fsp3) is 0.917. The molecule has 0 aliphatic carbocycles. The summed E-state index contributed by atoms with van der Waals surface area (Å²) in [5.74, 6) is 0. The van der Waals surface area contributed by atoms with Crippen molar-refractivity contribution in [2.75, 3.05) is 39.8 Å². The average molecular weight is 225 g/mol. The molecule has 0 aromatic carbocycles. The number of nitrogens with one attached hydrogen (secondary N) is 1. The number of rotatable bonds is 2. The van der Waals surface area contributed by atoms with Crippen LogP contribution in [0.1, 0.15) is 26.2 Å². The number of likely N-dealkylation sites (tertiary alicyclic amines) is 1. The number of hydrogen-bond donors (Lipinski definition) is 1. The van der Waals surface area contributed by atoms with Gasteiger partial charge in [0.15, 0.2) is 0 Å². The van der Waals surface area contributed by atoms with Crippen LogP contribution < -0.4 is 5.32 Å². The van der Waals surface area contributed by atoms with Gasteiger partial charge < -0.3 is 15.1 Å². The predicted molar refractivity (Wildman–Crippen MR) is 64.4 cm³/mol. The van der Waals surface area contributed by atoms with Gasteiger partial charge in [-0.2, -0.15) is 0 Å². The monoisotopic (exact) mass is 225 g/mol. The van der Waals surface area contributed by atoms with Gasteiger partial charge in [0.1, 0.15) is 0 Å². The third-order valence-electron chi connectivity index (χ3n) is 3.93. The highest BCUT2D eigenvalue weighted by atomic mass is 16.2. The summed E-state index contributed by atoms with van der Waals surface area (Å²) in [6, 6.07) is 0.131. The van der Waals surface area contributed by atoms with E-state index in [1.807, 2.05) is 4.90 Å². The smallest absolute Gasteiger partial charge is 0.317 e. The fourth-order valence-corrected chi connectivity index (χ4v) is 2.61. The molecule has 92 valence electrons. The summed E-state index contributed by atoms with van der Waals surface area (Å²) >= 11 is 0. The molecule has 2 rings (SSSR count). The zero-order chi connectivity index (χ0) is 11.6. The Morgan fingerprint density at radius 3 is 2.62 bits per heavy atom. The van der Waals surface area contributed by atoms with E-state index in [0.717, 1.165) is 39.1 Å². The second-order valence-corrected chi connectivity index (χ2v) is 5.62. The molecule has 4 nitrogen and oxygen atoms in total. The van der Waals surface area contributed by atoms with Gasteiger partial charge in [-0.15, -0.1) is 0 Å². The highest BCUT2D eigenvalue weighted by molar-refractivity contribution is 5.74. The molecular weight excluding hydrogens is 202 g/mol. The van der Waals surface area contributed by atoms with E-state index in [1.165, 1.54) is 12.8 Å². The van der Waals surface area contributed by atoms with Gasteiger partial charge in [-0.25, -0.2) is 4.79 Å². The summed E-state index contributed by atoms with van der Waals surface area (Å²) in [7, 11) is 2.17. The van der Waals surface area contributed by atoms with Crippen molar-refractivity contribution in [3.8, 4) is 0 Å². The second-order valence-electron chi connectivity index (χ2n) is 5.62. The van der Waals surface area contributed by atoms with Crippen molar-refractivity contribution in [2.24, 2.45) is 5.41 Å². The summed E-state index contributed by atoms with van der Waals surface area (Å²) in [5.41, 5.74) is 0.321. The van der Waals surface area contributed by atoms with Gasteiger partial charge in [-0.1, -0.05) is 6.92 Å². The minimum atomic E-state index is 0.131. The first-order valence-electron chi connectivity index (χ1n) is 6.30. The first-order chi connectivity index (χ1) is 7.59. The largest absolute Gasteiger partial charge is 0.338 e. The van der Waals surface area contributed by atoms with Crippen LogP contribution in [0.15, 0.2) is 0 Å². The summed E-state index contributed by atoms with van der Waals surface area (Å²) in [6.07, 6.45) is 3.49. The maximum absolute atomic E-state index is 11.7. The molecule has 0 atom stereocenters. The van der Waals surface area contributed by atoms with Crippen molar-refractivity contribution >= 4 is 6.03 Å². The quantitative estimate of drug-likeness (QED) is 0.765. The van der Waals surface area contributed by atoms with E-state index >= 15 is 0 Å². The van der Waals surface area contributed by atoms with Gasteiger partial charge >= 0.3 is 6.03 Å². The van der Waals surface area contributed by atoms with Crippen LogP contribution in [0, 0.1) is 5.41 Å². The van der Waals surface area contributed by atoms with Gasteiger partial charge in [0, 0.05) is 19.6 Å². The fourth-order valence-electron chi connectivity index (χ4n) is 2.61. The Balaban J connectivity index is 1.90. The standard InChI is InChI=1S/C12H23N3O/c1-12(4-8-14(2)9-5-12)10-15-7-3-6-13-11(15)16/h3-10H2,1-2H3,(H,13,16). The first-order valence-corrected chi connectivity index (χ1v) is 6.30. The van der Waals surface area contributed by atoms with E-state index in [0.29, 0.717) is 5.41 Å². The van der Waals surface area contributed by atoms with Crippen molar-refractivity contribution in [1.82, 2.24) is 15.1 Å². The predicted octanol–water partition coefficient (Wildman–Crippen LogP) is 1.13. The van der Waals surface area contributed by atoms with Gasteiger partial charge in [-0.05, 0) is 44.8 Å². The lowest BCUT2D eigenvalue weighted by Gasteiger charge is -2.42. The summed E-state index contributed by atoms with van der Waals surface area (Å²) in [4.78, 5) is 16.0. The number of nitrogens with zero attached hydrogens (tertiary/aromatic N) is 2. The molecule has 16 heavy (non-hydrogen) atoms. The van der Waals surface area contributed by atoms with Crippen LogP contribution in [0.25, 0.3) is 0 Å². The molecule has 2 aliphatic rings. The zero-order valence-corrected chi connectivity index (χ0v) is 10.5. The van der Waals surface area contributed by atoms with Crippen LogP contribution >= 0.6 is 0 Å². The van der Waals surface area contributed by atoms with Gasteiger partial charge in [0.2, 0.25) is 0 Å². The number of urea groups is 1.